The summed E-state index contributed by atoms with van der Waals surface area (Å²) in [5, 5.41) is 0.355. The molecule has 18 heavy (non-hydrogen) atoms. The van der Waals surface area contributed by atoms with Gasteiger partial charge in [0.2, 0.25) is 0 Å². The van der Waals surface area contributed by atoms with Crippen molar-refractivity contribution >= 4 is 33.1 Å². The highest BCUT2D eigenvalue weighted by molar-refractivity contribution is 7.92. The van der Waals surface area contributed by atoms with Crippen LogP contribution in [0.5, 0.6) is 0 Å². The predicted molar refractivity (Wildman–Crippen MR) is 70.9 cm³/mol. The first-order valence-corrected chi connectivity index (χ1v) is 6.83. The maximum atomic E-state index is 12.0. The molecule has 1 aromatic heterocycles. The van der Waals surface area contributed by atoms with Gasteiger partial charge in [-0.15, -0.1) is 0 Å². The van der Waals surface area contributed by atoms with Crippen molar-refractivity contribution in [3.63, 3.8) is 0 Å². The molecule has 0 saturated carbocycles. The van der Waals surface area contributed by atoms with Crippen LogP contribution in [0.3, 0.4) is 0 Å². The van der Waals surface area contributed by atoms with E-state index in [0.717, 1.165) is 0 Å². The third-order valence-corrected chi connectivity index (χ3v) is 3.76. The summed E-state index contributed by atoms with van der Waals surface area (Å²) in [5.74, 6) is 0.320. The number of nitrogens with one attached hydrogen (secondary N) is 1. The van der Waals surface area contributed by atoms with Gasteiger partial charge in [0.1, 0.15) is 5.82 Å². The lowest BCUT2D eigenvalue weighted by atomic mass is 10.4. The fourth-order valence-electron chi connectivity index (χ4n) is 1.31. The summed E-state index contributed by atoms with van der Waals surface area (Å²) >= 11 is 5.75. The van der Waals surface area contributed by atoms with Crippen LogP contribution >= 0.6 is 11.6 Å². The highest BCUT2D eigenvalue weighted by Crippen LogP contribution is 2.18. The molecule has 0 aliphatic heterocycles. The average Bonchev–Trinajstić information content (AvgIpc) is 2.32. The number of rotatable bonds is 3. The van der Waals surface area contributed by atoms with Crippen LogP contribution in [0.25, 0.3) is 0 Å². The maximum absolute atomic E-state index is 12.0. The quantitative estimate of drug-likeness (QED) is 0.903. The molecule has 0 aliphatic rings. The Morgan fingerprint density at radius 3 is 2.61 bits per heavy atom. The summed E-state index contributed by atoms with van der Waals surface area (Å²) in [6, 6.07) is 9.04. The molecule has 0 aliphatic carbocycles. The Kier molecular flexibility index (Phi) is 3.40. The van der Waals surface area contributed by atoms with E-state index in [4.69, 9.17) is 17.3 Å². The van der Waals surface area contributed by atoms with E-state index in [9.17, 15) is 8.42 Å². The zero-order valence-corrected chi connectivity index (χ0v) is 10.7. The summed E-state index contributed by atoms with van der Waals surface area (Å²) in [6.45, 7) is 0. The van der Waals surface area contributed by atoms with E-state index in [1.54, 1.807) is 12.1 Å². The average molecular weight is 284 g/mol. The number of pyridine rings is 1. The van der Waals surface area contributed by atoms with Gasteiger partial charge in [-0.1, -0.05) is 17.7 Å². The number of hydrogen-bond donors (Lipinski definition) is 2. The molecule has 1 aromatic carbocycles. The number of aromatic nitrogens is 1. The molecule has 0 radical (unpaired) electrons. The van der Waals surface area contributed by atoms with Crippen molar-refractivity contribution in [2.24, 2.45) is 0 Å². The standard InChI is InChI=1S/C11H10ClN3O2S/c12-8-2-1-3-10(6-8)18(16,17)15-9-4-5-11(13)14-7-9/h1-7,15H,(H2,13,14). The zero-order chi connectivity index (χ0) is 13.2. The molecular formula is C11H10ClN3O2S. The molecule has 0 amide bonds. The fourth-order valence-corrected chi connectivity index (χ4v) is 2.66. The minimum Gasteiger partial charge on any atom is -0.384 e. The number of anilines is 2. The highest BCUT2D eigenvalue weighted by atomic mass is 35.5. The largest absolute Gasteiger partial charge is 0.384 e. The van der Waals surface area contributed by atoms with Crippen LogP contribution in [0.2, 0.25) is 5.02 Å². The van der Waals surface area contributed by atoms with Crippen LogP contribution in [0.15, 0.2) is 47.5 Å². The Morgan fingerprint density at radius 2 is 2.00 bits per heavy atom. The number of sulfonamides is 1. The molecule has 7 heteroatoms. The first kappa shape index (κ1) is 12.7. The summed E-state index contributed by atoms with van der Waals surface area (Å²) in [6.07, 6.45) is 1.34. The molecule has 2 rings (SSSR count). The first-order valence-electron chi connectivity index (χ1n) is 4.97. The first-order chi connectivity index (χ1) is 8.47. The molecule has 1 heterocycles. The van der Waals surface area contributed by atoms with Gasteiger partial charge < -0.3 is 5.73 Å². The van der Waals surface area contributed by atoms with Crippen molar-refractivity contribution in [1.82, 2.24) is 4.98 Å². The smallest absolute Gasteiger partial charge is 0.261 e. The second-order valence-electron chi connectivity index (χ2n) is 3.53. The summed E-state index contributed by atoms with van der Waals surface area (Å²) in [5.41, 5.74) is 5.75. The molecule has 2 aromatic rings. The van der Waals surface area contributed by atoms with E-state index >= 15 is 0 Å². The zero-order valence-electron chi connectivity index (χ0n) is 9.17. The monoisotopic (exact) mass is 283 g/mol. The van der Waals surface area contributed by atoms with E-state index in [2.05, 4.69) is 9.71 Å². The molecule has 3 N–H and O–H groups in total. The second-order valence-corrected chi connectivity index (χ2v) is 5.65. The molecular weight excluding hydrogens is 274 g/mol. The van der Waals surface area contributed by atoms with Crippen molar-refractivity contribution in [1.29, 1.82) is 0 Å². The van der Waals surface area contributed by atoms with Crippen molar-refractivity contribution in [2.45, 2.75) is 4.90 Å². The molecule has 0 saturated heterocycles. The van der Waals surface area contributed by atoms with Crippen LogP contribution in [0.4, 0.5) is 11.5 Å². The fraction of sp³-hybridized carbons (Fsp3) is 0. The van der Waals surface area contributed by atoms with Gasteiger partial charge in [-0.05, 0) is 30.3 Å². The van der Waals surface area contributed by atoms with Crippen LogP contribution < -0.4 is 10.5 Å². The lowest BCUT2D eigenvalue weighted by Crippen LogP contribution is -2.13. The van der Waals surface area contributed by atoms with Gasteiger partial charge in [-0.25, -0.2) is 13.4 Å². The Balaban J connectivity index is 2.30. The summed E-state index contributed by atoms with van der Waals surface area (Å²) in [7, 11) is -3.66. The minimum atomic E-state index is -3.66. The van der Waals surface area contributed by atoms with Gasteiger partial charge in [-0.3, -0.25) is 4.72 Å². The highest BCUT2D eigenvalue weighted by Gasteiger charge is 2.14. The molecule has 0 atom stereocenters. The van der Waals surface area contributed by atoms with E-state index in [-0.39, 0.29) is 4.90 Å². The van der Waals surface area contributed by atoms with E-state index in [1.807, 2.05) is 0 Å². The molecule has 0 unspecified atom stereocenters. The van der Waals surface area contributed by atoms with E-state index in [0.29, 0.717) is 16.5 Å². The minimum absolute atomic E-state index is 0.0897. The number of nitrogen functional groups attached to an aromatic ring is 1. The lowest BCUT2D eigenvalue weighted by Gasteiger charge is -2.07. The van der Waals surface area contributed by atoms with E-state index in [1.165, 1.54) is 30.5 Å². The predicted octanol–water partition coefficient (Wildman–Crippen LogP) is 2.12. The third-order valence-electron chi connectivity index (χ3n) is 2.14. The maximum Gasteiger partial charge on any atom is 0.261 e. The topological polar surface area (TPSA) is 85.1 Å². The summed E-state index contributed by atoms with van der Waals surface area (Å²) in [4.78, 5) is 3.89. The summed E-state index contributed by atoms with van der Waals surface area (Å²) < 4.78 is 26.4. The molecule has 94 valence electrons. The molecule has 0 fully saturated rings. The Bertz CT molecular complexity index is 656. The van der Waals surface area contributed by atoms with Gasteiger partial charge in [-0.2, -0.15) is 0 Å². The number of benzene rings is 1. The normalized spacial score (nSPS) is 11.2. The van der Waals surface area contributed by atoms with Crippen molar-refractivity contribution in [3.8, 4) is 0 Å². The molecule has 0 spiro atoms. The van der Waals surface area contributed by atoms with Crippen LogP contribution in [0, 0.1) is 0 Å². The van der Waals surface area contributed by atoms with Crippen molar-refractivity contribution in [2.75, 3.05) is 10.5 Å². The molecule has 0 bridgehead atoms. The number of nitrogens with two attached hydrogens (primary N) is 1. The number of nitrogens with zero attached hydrogens (tertiary/aromatic N) is 1. The Hall–Kier alpha value is -1.79. The van der Waals surface area contributed by atoms with Gasteiger partial charge in [0.15, 0.2) is 0 Å². The second kappa shape index (κ2) is 4.83. The van der Waals surface area contributed by atoms with Crippen molar-refractivity contribution in [3.05, 3.63) is 47.6 Å². The van der Waals surface area contributed by atoms with Crippen molar-refractivity contribution < 1.29 is 8.42 Å². The van der Waals surface area contributed by atoms with Crippen LogP contribution in [-0.4, -0.2) is 13.4 Å². The third kappa shape index (κ3) is 2.91. The lowest BCUT2D eigenvalue weighted by molar-refractivity contribution is 0.601. The number of hydrogen-bond acceptors (Lipinski definition) is 4. The van der Waals surface area contributed by atoms with E-state index < -0.39 is 10.0 Å². The van der Waals surface area contributed by atoms with Gasteiger partial charge >= 0.3 is 0 Å². The van der Waals surface area contributed by atoms with Crippen LogP contribution in [0.1, 0.15) is 0 Å². The Morgan fingerprint density at radius 1 is 1.22 bits per heavy atom. The van der Waals surface area contributed by atoms with Gasteiger partial charge in [0.05, 0.1) is 16.8 Å². The van der Waals surface area contributed by atoms with Gasteiger partial charge in [0.25, 0.3) is 10.0 Å². The van der Waals surface area contributed by atoms with Crippen LogP contribution in [-0.2, 0) is 10.0 Å². The Labute approximate surface area is 110 Å². The SMILES string of the molecule is Nc1ccc(NS(=O)(=O)c2cccc(Cl)c2)cn1. The molecule has 5 nitrogen and oxygen atoms in total. The number of halogens is 1. The van der Waals surface area contributed by atoms with Gasteiger partial charge in [0, 0.05) is 5.02 Å².